The molecule has 0 bridgehead atoms. The van der Waals surface area contributed by atoms with Crippen molar-refractivity contribution in [2.45, 2.75) is 12.6 Å². The summed E-state index contributed by atoms with van der Waals surface area (Å²) in [6, 6.07) is 7.40. The zero-order valence-electron chi connectivity index (χ0n) is 9.89. The quantitative estimate of drug-likeness (QED) is 0.880. The lowest BCUT2D eigenvalue weighted by Gasteiger charge is -2.26. The molecule has 0 saturated heterocycles. The number of carbonyl (C=O) groups is 1. The van der Waals surface area contributed by atoms with Crippen molar-refractivity contribution in [2.75, 3.05) is 6.61 Å². The first kappa shape index (κ1) is 11.5. The first-order valence-electron chi connectivity index (χ1n) is 5.74. The molecule has 7 nitrogen and oxygen atoms in total. The molecule has 1 N–H and O–H groups in total. The van der Waals surface area contributed by atoms with Crippen LogP contribution in [0, 0.1) is 0 Å². The first-order chi connectivity index (χ1) is 9.22. The highest BCUT2D eigenvalue weighted by molar-refractivity contribution is 5.84. The Bertz CT molecular complexity index is 611. The Morgan fingerprint density at radius 1 is 1.42 bits per heavy atom. The van der Waals surface area contributed by atoms with Crippen molar-refractivity contribution in [2.24, 2.45) is 0 Å². The van der Waals surface area contributed by atoms with Gasteiger partial charge in [-0.2, -0.15) is 0 Å². The van der Waals surface area contributed by atoms with Crippen LogP contribution in [0.25, 0.3) is 0 Å². The predicted molar refractivity (Wildman–Crippen MR) is 63.3 cm³/mol. The van der Waals surface area contributed by atoms with Crippen LogP contribution in [0.2, 0.25) is 0 Å². The van der Waals surface area contributed by atoms with Crippen LogP contribution in [0.5, 0.6) is 11.5 Å². The van der Waals surface area contributed by atoms with Gasteiger partial charge < -0.3 is 14.6 Å². The molecule has 0 unspecified atom stereocenters. The minimum atomic E-state index is -1.10. The number of carboxylic acids is 1. The van der Waals surface area contributed by atoms with Gasteiger partial charge in [0.25, 0.3) is 0 Å². The van der Waals surface area contributed by atoms with Crippen LogP contribution in [0.3, 0.4) is 0 Å². The summed E-state index contributed by atoms with van der Waals surface area (Å²) in [7, 11) is 0. The van der Waals surface area contributed by atoms with Gasteiger partial charge in [-0.1, -0.05) is 17.3 Å². The molecule has 1 aromatic carbocycles. The normalized spacial score (nSPS) is 17.2. The fraction of sp³-hybridized carbons (Fsp3) is 0.250. The van der Waals surface area contributed by atoms with Gasteiger partial charge in [-0.05, 0) is 12.1 Å². The summed E-state index contributed by atoms with van der Waals surface area (Å²) < 4.78 is 12.7. The van der Waals surface area contributed by atoms with Crippen molar-refractivity contribution >= 4 is 5.97 Å². The second-order valence-corrected chi connectivity index (χ2v) is 4.13. The molecule has 2 heterocycles. The first-order valence-corrected chi connectivity index (χ1v) is 5.74. The molecule has 0 spiro atoms. The summed E-state index contributed by atoms with van der Waals surface area (Å²) in [4.78, 5) is 10.7. The molecule has 0 saturated carbocycles. The topological polar surface area (TPSA) is 86.5 Å². The number of hydrogen-bond donors (Lipinski definition) is 1. The van der Waals surface area contributed by atoms with E-state index in [4.69, 9.17) is 14.6 Å². The standard InChI is InChI=1S/C12H11N3O4/c16-12(17)9-6-15(14-13-9)5-8-7-18-10-3-1-2-4-11(10)19-8/h1-4,6,8H,5,7H2,(H,16,17)/t8-/m1/s1. The minimum absolute atomic E-state index is 0.0860. The van der Waals surface area contributed by atoms with Gasteiger partial charge in [0.05, 0.1) is 12.7 Å². The predicted octanol–water partition coefficient (Wildman–Crippen LogP) is 0.816. The maximum absolute atomic E-state index is 10.7. The van der Waals surface area contributed by atoms with E-state index in [1.807, 2.05) is 24.3 Å². The van der Waals surface area contributed by atoms with E-state index in [-0.39, 0.29) is 11.8 Å². The molecular formula is C12H11N3O4. The molecule has 1 aliphatic heterocycles. The monoisotopic (exact) mass is 261 g/mol. The Kier molecular flexibility index (Phi) is 2.79. The minimum Gasteiger partial charge on any atom is -0.486 e. The van der Waals surface area contributed by atoms with Crippen LogP contribution in [0.1, 0.15) is 10.5 Å². The Morgan fingerprint density at radius 3 is 2.95 bits per heavy atom. The van der Waals surface area contributed by atoms with Crippen LogP contribution in [0.15, 0.2) is 30.5 Å². The van der Waals surface area contributed by atoms with Gasteiger partial charge in [0.2, 0.25) is 0 Å². The van der Waals surface area contributed by atoms with E-state index in [0.29, 0.717) is 24.7 Å². The number of ether oxygens (including phenoxy) is 2. The fourth-order valence-corrected chi connectivity index (χ4v) is 1.85. The number of fused-ring (bicyclic) bond motifs is 1. The van der Waals surface area contributed by atoms with Gasteiger partial charge in [0, 0.05) is 0 Å². The molecule has 0 radical (unpaired) electrons. The lowest BCUT2D eigenvalue weighted by atomic mass is 10.2. The largest absolute Gasteiger partial charge is 0.486 e. The second kappa shape index (κ2) is 4.60. The summed E-state index contributed by atoms with van der Waals surface area (Å²) in [6.45, 7) is 0.772. The molecule has 1 aromatic heterocycles. The van der Waals surface area contributed by atoms with Crippen molar-refractivity contribution in [3.8, 4) is 11.5 Å². The summed E-state index contributed by atoms with van der Waals surface area (Å²) >= 11 is 0. The van der Waals surface area contributed by atoms with Gasteiger partial charge in [-0.25, -0.2) is 9.48 Å². The molecular weight excluding hydrogens is 250 g/mol. The average Bonchev–Trinajstić information content (AvgIpc) is 2.87. The number of hydrogen-bond acceptors (Lipinski definition) is 5. The SMILES string of the molecule is O=C(O)c1cn(C[C@@H]2COc3ccccc3O2)nn1. The lowest BCUT2D eigenvalue weighted by Crippen LogP contribution is -2.33. The zero-order valence-corrected chi connectivity index (χ0v) is 9.89. The van der Waals surface area contributed by atoms with E-state index in [9.17, 15) is 4.79 Å². The van der Waals surface area contributed by atoms with Gasteiger partial charge in [0.1, 0.15) is 6.61 Å². The van der Waals surface area contributed by atoms with Crippen molar-refractivity contribution in [1.29, 1.82) is 0 Å². The summed E-state index contributed by atoms with van der Waals surface area (Å²) in [6.07, 6.45) is 1.14. The number of para-hydroxylation sites is 2. The molecule has 2 aromatic rings. The molecule has 7 heteroatoms. The molecule has 0 amide bonds. The van der Waals surface area contributed by atoms with Crippen molar-refractivity contribution in [3.05, 3.63) is 36.2 Å². The summed E-state index contributed by atoms with van der Waals surface area (Å²) in [5.74, 6) is 0.290. The van der Waals surface area contributed by atoms with Crippen LogP contribution in [-0.2, 0) is 6.54 Å². The Morgan fingerprint density at radius 2 is 2.21 bits per heavy atom. The highest BCUT2D eigenvalue weighted by Gasteiger charge is 2.21. The molecule has 98 valence electrons. The zero-order chi connectivity index (χ0) is 13.2. The van der Waals surface area contributed by atoms with E-state index < -0.39 is 5.97 Å². The molecule has 0 aliphatic carbocycles. The number of benzene rings is 1. The molecule has 19 heavy (non-hydrogen) atoms. The maximum Gasteiger partial charge on any atom is 0.358 e. The molecule has 1 aliphatic rings. The van der Waals surface area contributed by atoms with Gasteiger partial charge in [-0.15, -0.1) is 5.10 Å². The van der Waals surface area contributed by atoms with Gasteiger partial charge in [-0.3, -0.25) is 0 Å². The van der Waals surface area contributed by atoms with E-state index in [2.05, 4.69) is 10.3 Å². The van der Waals surface area contributed by atoms with Gasteiger partial charge >= 0.3 is 5.97 Å². The lowest BCUT2D eigenvalue weighted by molar-refractivity contribution is 0.0689. The van der Waals surface area contributed by atoms with E-state index >= 15 is 0 Å². The van der Waals surface area contributed by atoms with Crippen molar-refractivity contribution in [1.82, 2.24) is 15.0 Å². The number of aromatic nitrogens is 3. The Balaban J connectivity index is 1.70. The third-order valence-electron chi connectivity index (χ3n) is 2.72. The van der Waals surface area contributed by atoms with Crippen LogP contribution < -0.4 is 9.47 Å². The maximum atomic E-state index is 10.7. The molecule has 3 rings (SSSR count). The summed E-state index contributed by atoms with van der Waals surface area (Å²) in [5, 5.41) is 16.0. The molecule has 0 fully saturated rings. The number of nitrogens with zero attached hydrogens (tertiary/aromatic N) is 3. The summed E-state index contributed by atoms with van der Waals surface area (Å²) in [5.41, 5.74) is -0.0860. The number of rotatable bonds is 3. The highest BCUT2D eigenvalue weighted by Crippen LogP contribution is 2.31. The Hall–Kier alpha value is -2.57. The average molecular weight is 261 g/mol. The van der Waals surface area contributed by atoms with Gasteiger partial charge in [0.15, 0.2) is 23.3 Å². The second-order valence-electron chi connectivity index (χ2n) is 4.13. The number of aromatic carboxylic acids is 1. The van der Waals surface area contributed by atoms with Crippen molar-refractivity contribution in [3.63, 3.8) is 0 Å². The van der Waals surface area contributed by atoms with E-state index in [1.165, 1.54) is 10.9 Å². The third kappa shape index (κ3) is 2.35. The smallest absolute Gasteiger partial charge is 0.358 e. The van der Waals surface area contributed by atoms with Crippen LogP contribution >= 0.6 is 0 Å². The number of carboxylic acid groups (broad SMARTS) is 1. The van der Waals surface area contributed by atoms with Crippen LogP contribution in [0.4, 0.5) is 0 Å². The van der Waals surface area contributed by atoms with Crippen molar-refractivity contribution < 1.29 is 19.4 Å². The third-order valence-corrected chi connectivity index (χ3v) is 2.72. The van der Waals surface area contributed by atoms with Crippen LogP contribution in [-0.4, -0.2) is 38.8 Å². The van der Waals surface area contributed by atoms with E-state index in [1.54, 1.807) is 0 Å². The molecule has 1 atom stereocenters. The van der Waals surface area contributed by atoms with E-state index in [0.717, 1.165) is 0 Å². The highest BCUT2D eigenvalue weighted by atomic mass is 16.6. The Labute approximate surface area is 108 Å². The fourth-order valence-electron chi connectivity index (χ4n) is 1.85.